The number of hydrogen-bond acceptors (Lipinski definition) is 3. The summed E-state index contributed by atoms with van der Waals surface area (Å²) >= 11 is 6.33. The summed E-state index contributed by atoms with van der Waals surface area (Å²) in [7, 11) is -3.36. The number of rotatable bonds is 6. The van der Waals surface area contributed by atoms with Crippen molar-refractivity contribution >= 4 is 21.4 Å². The van der Waals surface area contributed by atoms with Crippen LogP contribution < -0.4 is 5.32 Å². The van der Waals surface area contributed by atoms with Gasteiger partial charge in [0.15, 0.2) is 9.84 Å². The fourth-order valence-corrected chi connectivity index (χ4v) is 5.63. The predicted octanol–water partition coefficient (Wildman–Crippen LogP) is 5.99. The highest BCUT2D eigenvalue weighted by molar-refractivity contribution is 7.90. The summed E-state index contributed by atoms with van der Waals surface area (Å²) in [6.45, 7) is 0. The van der Waals surface area contributed by atoms with Gasteiger partial charge in [-0.2, -0.15) is 0 Å². The van der Waals surface area contributed by atoms with Crippen LogP contribution in [0.3, 0.4) is 0 Å². The number of hydrogen-bond donors (Lipinski definition) is 1. The van der Waals surface area contributed by atoms with Crippen molar-refractivity contribution in [3.63, 3.8) is 0 Å². The first-order chi connectivity index (χ1) is 14.9. The first-order valence-electron chi connectivity index (χ1n) is 10.8. The summed E-state index contributed by atoms with van der Waals surface area (Å²) in [4.78, 5) is 0.358. The summed E-state index contributed by atoms with van der Waals surface area (Å²) < 4.78 is 25.0. The Labute approximate surface area is 190 Å². The molecule has 3 aromatic carbocycles. The van der Waals surface area contributed by atoms with Gasteiger partial charge in [-0.25, -0.2) is 8.42 Å². The van der Waals surface area contributed by atoms with E-state index in [9.17, 15) is 8.42 Å². The first kappa shape index (κ1) is 22.1. The second-order valence-electron chi connectivity index (χ2n) is 8.31. The molecule has 0 radical (unpaired) electrons. The van der Waals surface area contributed by atoms with Gasteiger partial charge in [-0.05, 0) is 48.4 Å². The fraction of sp³-hybridized carbons (Fsp3) is 0.308. The van der Waals surface area contributed by atoms with Crippen LogP contribution in [-0.4, -0.2) is 26.1 Å². The number of benzene rings is 3. The van der Waals surface area contributed by atoms with Crippen LogP contribution in [0.2, 0.25) is 0 Å². The largest absolute Gasteiger partial charge is 0.303 e. The van der Waals surface area contributed by atoms with Crippen molar-refractivity contribution in [2.75, 3.05) is 6.26 Å². The lowest BCUT2D eigenvalue weighted by Gasteiger charge is -2.32. The van der Waals surface area contributed by atoms with Crippen LogP contribution in [0, 0.1) is 0 Å². The summed E-state index contributed by atoms with van der Waals surface area (Å²) in [5.41, 5.74) is 3.93. The molecule has 0 heterocycles. The average molecular weight is 454 g/mol. The topological polar surface area (TPSA) is 46.2 Å². The van der Waals surface area contributed by atoms with E-state index in [4.69, 9.17) is 11.6 Å². The van der Waals surface area contributed by atoms with E-state index in [1.54, 1.807) is 12.1 Å². The van der Waals surface area contributed by atoms with Gasteiger partial charge in [-0.3, -0.25) is 0 Å². The minimum Gasteiger partial charge on any atom is -0.303 e. The quantitative estimate of drug-likeness (QED) is 0.466. The number of halogens is 1. The Hall–Kier alpha value is -2.14. The third-order valence-electron chi connectivity index (χ3n) is 6.04. The Balaban J connectivity index is 1.81. The second kappa shape index (κ2) is 9.56. The molecule has 0 spiro atoms. The highest BCUT2D eigenvalue weighted by Crippen LogP contribution is 2.36. The number of sulfone groups is 1. The van der Waals surface area contributed by atoms with Gasteiger partial charge >= 0.3 is 0 Å². The van der Waals surface area contributed by atoms with E-state index in [2.05, 4.69) is 23.5 Å². The molecule has 0 amide bonds. The highest BCUT2D eigenvalue weighted by atomic mass is 35.5. The van der Waals surface area contributed by atoms with Gasteiger partial charge in [-0.15, -0.1) is 11.6 Å². The molecule has 1 N–H and O–H groups in total. The van der Waals surface area contributed by atoms with Crippen molar-refractivity contribution in [3.05, 3.63) is 90.0 Å². The zero-order valence-corrected chi connectivity index (χ0v) is 19.2. The summed E-state index contributed by atoms with van der Waals surface area (Å²) in [6, 6.07) is 26.1. The molecule has 1 aliphatic carbocycles. The Morgan fingerprint density at radius 2 is 1.39 bits per heavy atom. The van der Waals surface area contributed by atoms with E-state index < -0.39 is 9.84 Å². The van der Waals surface area contributed by atoms with Crippen LogP contribution >= 0.6 is 11.6 Å². The highest BCUT2D eigenvalue weighted by Gasteiger charge is 2.26. The summed E-state index contributed by atoms with van der Waals surface area (Å²) in [6.07, 6.45) is 5.38. The zero-order chi connectivity index (χ0) is 21.8. The normalized spacial score (nSPS) is 20.3. The van der Waals surface area contributed by atoms with Gasteiger partial charge < -0.3 is 5.32 Å². The molecule has 3 nitrogen and oxygen atoms in total. The maximum Gasteiger partial charge on any atom is 0.176 e. The fourth-order valence-electron chi connectivity index (χ4n) is 4.47. The lowest BCUT2D eigenvalue weighted by Crippen LogP contribution is -2.37. The van der Waals surface area contributed by atoms with Crippen molar-refractivity contribution in [1.82, 2.24) is 5.32 Å². The molecular weight excluding hydrogens is 426 g/mol. The third-order valence-corrected chi connectivity index (χ3v) is 7.63. The molecule has 4 rings (SSSR count). The van der Waals surface area contributed by atoms with Crippen molar-refractivity contribution in [1.29, 1.82) is 0 Å². The van der Waals surface area contributed by atoms with Crippen LogP contribution in [0.15, 0.2) is 83.8 Å². The molecule has 31 heavy (non-hydrogen) atoms. The van der Waals surface area contributed by atoms with Crippen molar-refractivity contribution in [2.24, 2.45) is 0 Å². The Bertz CT molecular complexity index is 1120. The van der Waals surface area contributed by atoms with Crippen LogP contribution in [0.25, 0.3) is 11.1 Å². The van der Waals surface area contributed by atoms with Gasteiger partial charge in [-0.1, -0.05) is 72.8 Å². The molecule has 162 valence electrons. The number of alkyl halides is 1. The molecule has 5 heteroatoms. The molecule has 1 saturated carbocycles. The van der Waals surface area contributed by atoms with E-state index in [1.165, 1.54) is 11.8 Å². The molecule has 0 aliphatic heterocycles. The second-order valence-corrected chi connectivity index (χ2v) is 10.9. The predicted molar refractivity (Wildman–Crippen MR) is 128 cm³/mol. The van der Waals surface area contributed by atoms with E-state index >= 15 is 0 Å². The van der Waals surface area contributed by atoms with E-state index in [0.29, 0.717) is 10.9 Å². The lowest BCUT2D eigenvalue weighted by atomic mass is 9.88. The van der Waals surface area contributed by atoms with Crippen molar-refractivity contribution < 1.29 is 8.42 Å². The van der Waals surface area contributed by atoms with Gasteiger partial charge in [0.2, 0.25) is 0 Å². The standard InChI is InChI=1S/C26H28ClNO2S/c1-31(29,30)25-14-8-7-12-23(25)22-11-5-6-13-24(22)26(19-9-3-2-4-10-19)28-21-17-15-20(27)16-18-21/h2-14,20-21,26,28H,15-18H2,1H3. The maximum absolute atomic E-state index is 12.5. The minimum absolute atomic E-state index is 0.0399. The molecule has 0 bridgehead atoms. The minimum atomic E-state index is -3.36. The maximum atomic E-state index is 12.5. The zero-order valence-electron chi connectivity index (χ0n) is 17.7. The molecule has 1 atom stereocenters. The van der Waals surface area contributed by atoms with Crippen molar-refractivity contribution in [3.8, 4) is 11.1 Å². The van der Waals surface area contributed by atoms with Crippen LogP contribution in [-0.2, 0) is 9.84 Å². The summed E-state index contributed by atoms with van der Waals surface area (Å²) in [5.74, 6) is 0. The third kappa shape index (κ3) is 5.20. The number of nitrogens with one attached hydrogen (secondary N) is 1. The van der Waals surface area contributed by atoms with Crippen LogP contribution in [0.4, 0.5) is 0 Å². The van der Waals surface area contributed by atoms with Gasteiger partial charge in [0.1, 0.15) is 0 Å². The monoisotopic (exact) mass is 453 g/mol. The van der Waals surface area contributed by atoms with Gasteiger partial charge in [0.25, 0.3) is 0 Å². The smallest absolute Gasteiger partial charge is 0.176 e. The SMILES string of the molecule is CS(=O)(=O)c1ccccc1-c1ccccc1C(NC1CCC(Cl)CC1)c1ccccc1. The lowest BCUT2D eigenvalue weighted by molar-refractivity contribution is 0.358. The Kier molecular flexibility index (Phi) is 6.80. The van der Waals surface area contributed by atoms with E-state index in [1.807, 2.05) is 48.5 Å². The van der Waals surface area contributed by atoms with E-state index in [0.717, 1.165) is 42.4 Å². The van der Waals surface area contributed by atoms with Crippen molar-refractivity contribution in [2.45, 2.75) is 48.0 Å². The van der Waals surface area contributed by atoms with Gasteiger partial charge in [0.05, 0.1) is 10.9 Å². The first-order valence-corrected chi connectivity index (χ1v) is 13.1. The van der Waals surface area contributed by atoms with Gasteiger partial charge in [0, 0.05) is 23.2 Å². The Morgan fingerprint density at radius 1 is 0.806 bits per heavy atom. The molecule has 3 aromatic rings. The molecule has 0 aromatic heterocycles. The molecule has 1 aliphatic rings. The summed E-state index contributed by atoms with van der Waals surface area (Å²) in [5, 5.41) is 4.14. The molecule has 0 saturated heterocycles. The molecular formula is C26H28ClNO2S. The molecule has 1 unspecified atom stereocenters. The van der Waals surface area contributed by atoms with E-state index in [-0.39, 0.29) is 11.4 Å². The molecule has 1 fully saturated rings. The Morgan fingerprint density at radius 3 is 2.06 bits per heavy atom. The van der Waals surface area contributed by atoms with Crippen LogP contribution in [0.5, 0.6) is 0 Å². The average Bonchev–Trinajstić information content (AvgIpc) is 2.79. The van der Waals surface area contributed by atoms with Crippen LogP contribution in [0.1, 0.15) is 42.9 Å².